The van der Waals surface area contributed by atoms with Crippen molar-refractivity contribution in [1.82, 2.24) is 9.88 Å². The van der Waals surface area contributed by atoms with Gasteiger partial charge in [0, 0.05) is 31.4 Å². The van der Waals surface area contributed by atoms with E-state index in [0.29, 0.717) is 12.1 Å². The summed E-state index contributed by atoms with van der Waals surface area (Å²) in [5.41, 5.74) is 1.34. The van der Waals surface area contributed by atoms with Crippen molar-refractivity contribution in [2.75, 3.05) is 13.6 Å². The van der Waals surface area contributed by atoms with E-state index in [4.69, 9.17) is 0 Å². The molecule has 0 saturated carbocycles. The van der Waals surface area contributed by atoms with E-state index in [1.54, 1.807) is 18.0 Å². The summed E-state index contributed by atoms with van der Waals surface area (Å²) in [5.74, 6) is -0.137. The second-order valence-corrected chi connectivity index (χ2v) is 4.40. The first-order chi connectivity index (χ1) is 9.16. The summed E-state index contributed by atoms with van der Waals surface area (Å²) < 4.78 is 0. The average Bonchev–Trinajstić information content (AvgIpc) is 2.45. The number of nitrogens with zero attached hydrogens (tertiary/aromatic N) is 1. The van der Waals surface area contributed by atoms with E-state index in [0.717, 1.165) is 6.42 Å². The number of carbonyl (C=O) groups excluding carboxylic acids is 1. The van der Waals surface area contributed by atoms with Crippen LogP contribution in [0.3, 0.4) is 0 Å². The minimum atomic E-state index is -0.262. The number of amides is 1. The number of H-pyrrole nitrogens is 1. The number of aromatic nitrogens is 1. The smallest absolute Gasteiger partial charge is 0.253 e. The van der Waals surface area contributed by atoms with Crippen LogP contribution in [0.2, 0.25) is 0 Å². The molecule has 1 N–H and O–H groups in total. The fraction of sp³-hybridized carbons (Fsp3) is 0.200. The Morgan fingerprint density at radius 2 is 1.95 bits per heavy atom. The van der Waals surface area contributed by atoms with E-state index in [1.807, 2.05) is 30.3 Å². The van der Waals surface area contributed by atoms with E-state index < -0.39 is 0 Å². The van der Waals surface area contributed by atoms with Crippen LogP contribution in [-0.2, 0) is 6.42 Å². The molecule has 4 nitrogen and oxygen atoms in total. The van der Waals surface area contributed by atoms with Gasteiger partial charge in [-0.1, -0.05) is 30.3 Å². The van der Waals surface area contributed by atoms with Crippen molar-refractivity contribution in [3.8, 4) is 0 Å². The maximum absolute atomic E-state index is 12.1. The molecule has 0 radical (unpaired) electrons. The molecule has 0 unspecified atom stereocenters. The van der Waals surface area contributed by atoms with Gasteiger partial charge < -0.3 is 9.88 Å². The Kier molecular flexibility index (Phi) is 4.13. The molecule has 0 atom stereocenters. The highest BCUT2D eigenvalue weighted by atomic mass is 16.2. The Hall–Kier alpha value is -2.36. The first-order valence-corrected chi connectivity index (χ1v) is 6.15. The SMILES string of the molecule is CN(CCc1ccccc1)C(=O)c1cc[nH]c(=O)c1. The van der Waals surface area contributed by atoms with Crippen LogP contribution in [0.5, 0.6) is 0 Å². The van der Waals surface area contributed by atoms with Gasteiger partial charge in [0.1, 0.15) is 0 Å². The van der Waals surface area contributed by atoms with Crippen molar-refractivity contribution in [3.63, 3.8) is 0 Å². The summed E-state index contributed by atoms with van der Waals surface area (Å²) in [6.45, 7) is 0.621. The van der Waals surface area contributed by atoms with Crippen LogP contribution in [0.15, 0.2) is 53.5 Å². The van der Waals surface area contributed by atoms with E-state index >= 15 is 0 Å². The Bertz CT molecular complexity index is 605. The molecule has 4 heteroatoms. The second kappa shape index (κ2) is 6.00. The van der Waals surface area contributed by atoms with Crippen LogP contribution in [0.25, 0.3) is 0 Å². The number of hydrogen-bond acceptors (Lipinski definition) is 2. The maximum Gasteiger partial charge on any atom is 0.253 e. The number of hydrogen-bond donors (Lipinski definition) is 1. The van der Waals surface area contributed by atoms with Gasteiger partial charge in [-0.3, -0.25) is 9.59 Å². The summed E-state index contributed by atoms with van der Waals surface area (Å²) in [6.07, 6.45) is 2.28. The molecule has 0 saturated heterocycles. The quantitative estimate of drug-likeness (QED) is 0.905. The molecule has 0 spiro atoms. The molecule has 0 fully saturated rings. The minimum absolute atomic E-state index is 0.137. The van der Waals surface area contributed by atoms with Crippen molar-refractivity contribution in [1.29, 1.82) is 0 Å². The third-order valence-corrected chi connectivity index (χ3v) is 2.95. The number of nitrogens with one attached hydrogen (secondary N) is 1. The highest BCUT2D eigenvalue weighted by Crippen LogP contribution is 2.04. The molecule has 98 valence electrons. The summed E-state index contributed by atoms with van der Waals surface area (Å²) >= 11 is 0. The van der Waals surface area contributed by atoms with E-state index in [1.165, 1.54) is 17.8 Å². The predicted octanol–water partition coefficient (Wildman–Crippen LogP) is 1.69. The Balaban J connectivity index is 1.98. The molecule has 0 aliphatic rings. The van der Waals surface area contributed by atoms with E-state index in [-0.39, 0.29) is 11.5 Å². The average molecular weight is 256 g/mol. The first-order valence-electron chi connectivity index (χ1n) is 6.15. The summed E-state index contributed by atoms with van der Waals surface area (Å²) in [6, 6.07) is 12.9. The van der Waals surface area contributed by atoms with Crippen LogP contribution < -0.4 is 5.56 Å². The third kappa shape index (κ3) is 3.55. The van der Waals surface area contributed by atoms with Crippen molar-refractivity contribution in [3.05, 3.63) is 70.1 Å². The molecule has 1 aromatic heterocycles. The number of carbonyl (C=O) groups is 1. The molecule has 0 aliphatic heterocycles. The molecular formula is C15H16N2O2. The van der Waals surface area contributed by atoms with Crippen molar-refractivity contribution < 1.29 is 4.79 Å². The van der Waals surface area contributed by atoms with Gasteiger partial charge in [0.15, 0.2) is 0 Å². The summed E-state index contributed by atoms with van der Waals surface area (Å²) in [7, 11) is 1.74. The molecule has 19 heavy (non-hydrogen) atoms. The Labute approximate surface area is 111 Å². The molecule has 2 aromatic rings. The lowest BCUT2D eigenvalue weighted by Gasteiger charge is -2.17. The summed E-state index contributed by atoms with van der Waals surface area (Å²) in [4.78, 5) is 27.4. The van der Waals surface area contributed by atoms with Gasteiger partial charge in [-0.05, 0) is 18.1 Å². The predicted molar refractivity (Wildman–Crippen MR) is 74.2 cm³/mol. The van der Waals surface area contributed by atoms with Crippen molar-refractivity contribution in [2.45, 2.75) is 6.42 Å². The van der Waals surface area contributed by atoms with Crippen LogP contribution in [0.4, 0.5) is 0 Å². The van der Waals surface area contributed by atoms with Gasteiger partial charge in [0.2, 0.25) is 5.56 Å². The largest absolute Gasteiger partial charge is 0.341 e. The Morgan fingerprint density at radius 3 is 2.63 bits per heavy atom. The minimum Gasteiger partial charge on any atom is -0.341 e. The fourth-order valence-electron chi connectivity index (χ4n) is 1.84. The van der Waals surface area contributed by atoms with Gasteiger partial charge in [-0.15, -0.1) is 0 Å². The lowest BCUT2D eigenvalue weighted by Crippen LogP contribution is -2.29. The molecule has 1 amide bonds. The van der Waals surface area contributed by atoms with Gasteiger partial charge in [0.25, 0.3) is 5.91 Å². The third-order valence-electron chi connectivity index (χ3n) is 2.95. The number of benzene rings is 1. The zero-order chi connectivity index (χ0) is 13.7. The highest BCUT2D eigenvalue weighted by molar-refractivity contribution is 5.93. The lowest BCUT2D eigenvalue weighted by molar-refractivity contribution is 0.0796. The lowest BCUT2D eigenvalue weighted by atomic mass is 10.1. The zero-order valence-corrected chi connectivity index (χ0v) is 10.8. The normalized spacial score (nSPS) is 10.2. The van der Waals surface area contributed by atoms with Crippen LogP contribution in [-0.4, -0.2) is 29.4 Å². The van der Waals surface area contributed by atoms with Crippen molar-refractivity contribution in [2.24, 2.45) is 0 Å². The molecule has 2 rings (SSSR count). The van der Waals surface area contributed by atoms with E-state index in [9.17, 15) is 9.59 Å². The Morgan fingerprint density at radius 1 is 1.21 bits per heavy atom. The molecule has 0 bridgehead atoms. The van der Waals surface area contributed by atoms with Crippen LogP contribution >= 0.6 is 0 Å². The second-order valence-electron chi connectivity index (χ2n) is 4.40. The fourth-order valence-corrected chi connectivity index (χ4v) is 1.84. The topological polar surface area (TPSA) is 53.2 Å². The van der Waals surface area contributed by atoms with Gasteiger partial charge in [-0.2, -0.15) is 0 Å². The van der Waals surface area contributed by atoms with E-state index in [2.05, 4.69) is 4.98 Å². The summed E-state index contributed by atoms with van der Waals surface area (Å²) in [5, 5.41) is 0. The van der Waals surface area contributed by atoms with Crippen molar-refractivity contribution >= 4 is 5.91 Å². The monoisotopic (exact) mass is 256 g/mol. The number of likely N-dealkylation sites (N-methyl/N-ethyl adjacent to an activating group) is 1. The maximum atomic E-state index is 12.1. The highest BCUT2D eigenvalue weighted by Gasteiger charge is 2.11. The molecule has 1 heterocycles. The van der Waals surface area contributed by atoms with Crippen LogP contribution in [0, 0.1) is 0 Å². The molecular weight excluding hydrogens is 240 g/mol. The zero-order valence-electron chi connectivity index (χ0n) is 10.8. The van der Waals surface area contributed by atoms with Gasteiger partial charge >= 0.3 is 0 Å². The van der Waals surface area contributed by atoms with Crippen LogP contribution in [0.1, 0.15) is 15.9 Å². The number of pyridine rings is 1. The molecule has 0 aliphatic carbocycles. The van der Waals surface area contributed by atoms with Gasteiger partial charge in [0.05, 0.1) is 0 Å². The first kappa shape index (κ1) is 13.1. The number of aromatic amines is 1. The standard InChI is InChI=1S/C15H16N2O2/c1-17(10-8-12-5-3-2-4-6-12)15(19)13-7-9-16-14(18)11-13/h2-7,9,11H,8,10H2,1H3,(H,16,18). The molecule has 1 aromatic carbocycles. The number of rotatable bonds is 4. The van der Waals surface area contributed by atoms with Gasteiger partial charge in [-0.25, -0.2) is 0 Å².